The third-order valence-corrected chi connectivity index (χ3v) is 6.47. The quantitative estimate of drug-likeness (QED) is 0.220. The number of aliphatic hydroxyl groups is 1. The van der Waals surface area contributed by atoms with Crippen LogP contribution in [0.4, 0.5) is 5.69 Å². The summed E-state index contributed by atoms with van der Waals surface area (Å²) in [5.41, 5.74) is 1.60. The van der Waals surface area contributed by atoms with Gasteiger partial charge < -0.3 is 14.3 Å². The van der Waals surface area contributed by atoms with E-state index in [1.807, 2.05) is 13.0 Å². The Morgan fingerprint density at radius 3 is 2.62 bits per heavy atom. The summed E-state index contributed by atoms with van der Waals surface area (Å²) in [6.07, 6.45) is 3.80. The van der Waals surface area contributed by atoms with Crippen LogP contribution in [0.1, 0.15) is 45.9 Å². The van der Waals surface area contributed by atoms with Gasteiger partial charge in [0, 0.05) is 27.9 Å². The molecule has 1 atom stereocenters. The first-order chi connectivity index (χ1) is 17.9. The molecular weight excluding hydrogens is 540 g/mol. The molecule has 4 aromatic rings. The van der Waals surface area contributed by atoms with Crippen LogP contribution < -0.4 is 4.90 Å². The number of halogens is 1. The molecule has 1 N–H and O–H groups in total. The van der Waals surface area contributed by atoms with Crippen molar-refractivity contribution in [1.29, 1.82) is 0 Å². The second-order valence-electron chi connectivity index (χ2n) is 8.43. The van der Waals surface area contributed by atoms with Gasteiger partial charge in [-0.05, 0) is 66.6 Å². The van der Waals surface area contributed by atoms with E-state index in [1.54, 1.807) is 48.7 Å². The Morgan fingerprint density at radius 1 is 1.14 bits per heavy atom. The number of Topliss-reactive ketones (excluding diaryl/α,β-unsaturated/α-hetero) is 1. The van der Waals surface area contributed by atoms with Crippen molar-refractivity contribution in [1.82, 2.24) is 4.98 Å². The van der Waals surface area contributed by atoms with Gasteiger partial charge in [0.05, 0.1) is 23.8 Å². The molecule has 0 saturated heterocycles. The van der Waals surface area contributed by atoms with Crippen LogP contribution in [0.5, 0.6) is 0 Å². The van der Waals surface area contributed by atoms with Crippen molar-refractivity contribution in [2.45, 2.75) is 19.4 Å². The minimum Gasteiger partial charge on any atom is -0.503 e. The third-order valence-electron chi connectivity index (χ3n) is 5.97. The first-order valence-electron chi connectivity index (χ1n) is 11.6. The van der Waals surface area contributed by atoms with E-state index in [0.29, 0.717) is 40.8 Å². The van der Waals surface area contributed by atoms with Crippen molar-refractivity contribution in [3.63, 3.8) is 0 Å². The molecule has 0 aliphatic carbocycles. The summed E-state index contributed by atoms with van der Waals surface area (Å²) in [6, 6.07) is 15.5. The highest BCUT2D eigenvalue weighted by Gasteiger charge is 2.45. The number of benzene rings is 2. The molecule has 8 nitrogen and oxygen atoms in total. The molecule has 0 bridgehead atoms. The molecule has 1 unspecified atom stereocenters. The Bertz CT molecular complexity index is 1540. The first kappa shape index (κ1) is 24.5. The standard InChI is InChI=1S/C28H21BrN2O6/c1-2-12-36-28(35)16-5-8-20(9-6-16)31-24(17-4-3-11-30-15-17)23(26(33)27(31)34)25(32)22-14-18-13-19(29)7-10-21(18)37-22/h3-11,13-15,24,33H,2,12H2,1H3. The number of esters is 1. The van der Waals surface area contributed by atoms with Gasteiger partial charge in [0.25, 0.3) is 5.91 Å². The van der Waals surface area contributed by atoms with Gasteiger partial charge in [0.1, 0.15) is 5.58 Å². The third kappa shape index (κ3) is 4.53. The molecule has 5 rings (SSSR count). The molecule has 9 heteroatoms. The molecule has 0 radical (unpaired) electrons. The lowest BCUT2D eigenvalue weighted by molar-refractivity contribution is -0.117. The van der Waals surface area contributed by atoms with Crippen LogP contribution in [0, 0.1) is 0 Å². The highest BCUT2D eigenvalue weighted by atomic mass is 79.9. The number of pyridine rings is 1. The van der Waals surface area contributed by atoms with Crippen molar-refractivity contribution in [3.05, 3.63) is 106 Å². The van der Waals surface area contributed by atoms with Crippen molar-refractivity contribution >= 4 is 50.2 Å². The number of anilines is 1. The van der Waals surface area contributed by atoms with E-state index >= 15 is 0 Å². The Balaban J connectivity index is 1.55. The monoisotopic (exact) mass is 560 g/mol. The lowest BCUT2D eigenvalue weighted by Crippen LogP contribution is -2.31. The minimum absolute atomic E-state index is 0.00721. The van der Waals surface area contributed by atoms with Gasteiger partial charge in [-0.25, -0.2) is 4.79 Å². The molecule has 2 aromatic carbocycles. The fraction of sp³-hybridized carbons (Fsp3) is 0.143. The largest absolute Gasteiger partial charge is 0.503 e. The number of ether oxygens (including phenoxy) is 1. The lowest BCUT2D eigenvalue weighted by Gasteiger charge is -2.26. The smallest absolute Gasteiger partial charge is 0.338 e. The number of fused-ring (bicyclic) bond motifs is 1. The van der Waals surface area contributed by atoms with Crippen molar-refractivity contribution in [3.8, 4) is 0 Å². The van der Waals surface area contributed by atoms with Gasteiger partial charge in [-0.3, -0.25) is 19.5 Å². The second-order valence-corrected chi connectivity index (χ2v) is 9.35. The molecular formula is C28H21BrN2O6. The summed E-state index contributed by atoms with van der Waals surface area (Å²) < 4.78 is 11.8. The summed E-state index contributed by atoms with van der Waals surface area (Å²) in [4.78, 5) is 44.7. The number of aliphatic hydroxyl groups excluding tert-OH is 1. The Labute approximate surface area is 220 Å². The average Bonchev–Trinajstić information content (AvgIpc) is 3.45. The van der Waals surface area contributed by atoms with Crippen LogP contribution in [0.3, 0.4) is 0 Å². The maximum Gasteiger partial charge on any atom is 0.338 e. The molecule has 3 heterocycles. The topological polar surface area (TPSA) is 110 Å². The van der Waals surface area contributed by atoms with E-state index in [0.717, 1.165) is 4.47 Å². The molecule has 37 heavy (non-hydrogen) atoms. The fourth-order valence-corrected chi connectivity index (χ4v) is 4.63. The van der Waals surface area contributed by atoms with Gasteiger partial charge in [-0.15, -0.1) is 0 Å². The van der Waals surface area contributed by atoms with Gasteiger partial charge in [0.15, 0.2) is 11.5 Å². The number of furan rings is 1. The number of hydrogen-bond donors (Lipinski definition) is 1. The number of hydrogen-bond acceptors (Lipinski definition) is 7. The van der Waals surface area contributed by atoms with Gasteiger partial charge in [-0.1, -0.05) is 28.9 Å². The SMILES string of the molecule is CCCOC(=O)c1ccc(N2C(=O)C(O)=C(C(=O)c3cc4cc(Br)ccc4o3)C2c2cccnc2)cc1. The van der Waals surface area contributed by atoms with E-state index in [4.69, 9.17) is 9.15 Å². The van der Waals surface area contributed by atoms with Gasteiger partial charge >= 0.3 is 5.97 Å². The number of ketones is 1. The van der Waals surface area contributed by atoms with Crippen LogP contribution in [0.2, 0.25) is 0 Å². The van der Waals surface area contributed by atoms with Crippen LogP contribution >= 0.6 is 15.9 Å². The summed E-state index contributed by atoms with van der Waals surface area (Å²) in [5, 5.41) is 11.6. The van der Waals surface area contributed by atoms with Crippen molar-refractivity contribution in [2.75, 3.05) is 11.5 Å². The molecule has 0 spiro atoms. The summed E-state index contributed by atoms with van der Waals surface area (Å²) in [6.45, 7) is 2.20. The van der Waals surface area contributed by atoms with E-state index in [9.17, 15) is 19.5 Å². The van der Waals surface area contributed by atoms with Gasteiger partial charge in [0.2, 0.25) is 5.78 Å². The predicted octanol–water partition coefficient (Wildman–Crippen LogP) is 5.94. The van der Waals surface area contributed by atoms with E-state index < -0.39 is 29.5 Å². The molecule has 0 saturated carbocycles. The van der Waals surface area contributed by atoms with Crippen molar-refractivity contribution in [2.24, 2.45) is 0 Å². The average molecular weight is 561 g/mol. The summed E-state index contributed by atoms with van der Waals surface area (Å²) in [5.74, 6) is -2.52. The normalized spacial score (nSPS) is 15.5. The highest BCUT2D eigenvalue weighted by molar-refractivity contribution is 9.10. The van der Waals surface area contributed by atoms with Crippen molar-refractivity contribution < 1.29 is 28.6 Å². The Kier molecular flexibility index (Phi) is 6.62. The summed E-state index contributed by atoms with van der Waals surface area (Å²) in [7, 11) is 0. The molecule has 186 valence electrons. The second kappa shape index (κ2) is 10.0. The van der Waals surface area contributed by atoms with E-state index in [2.05, 4.69) is 20.9 Å². The van der Waals surface area contributed by atoms with Crippen LogP contribution in [0.25, 0.3) is 11.0 Å². The number of nitrogens with zero attached hydrogens (tertiary/aromatic N) is 2. The number of carbonyl (C=O) groups excluding carboxylic acids is 3. The molecule has 1 aliphatic heterocycles. The summed E-state index contributed by atoms with van der Waals surface area (Å²) >= 11 is 3.40. The van der Waals surface area contributed by atoms with E-state index in [1.165, 1.54) is 23.2 Å². The predicted molar refractivity (Wildman–Crippen MR) is 139 cm³/mol. The zero-order valence-corrected chi connectivity index (χ0v) is 21.3. The zero-order valence-electron chi connectivity index (χ0n) is 19.7. The highest BCUT2D eigenvalue weighted by Crippen LogP contribution is 2.42. The Hall–Kier alpha value is -4.24. The zero-order chi connectivity index (χ0) is 26.1. The molecule has 2 aromatic heterocycles. The minimum atomic E-state index is -0.966. The number of amides is 1. The molecule has 1 aliphatic rings. The molecule has 1 amide bonds. The van der Waals surface area contributed by atoms with Crippen LogP contribution in [-0.2, 0) is 9.53 Å². The van der Waals surface area contributed by atoms with Crippen LogP contribution in [0.15, 0.2) is 93.3 Å². The lowest BCUT2D eigenvalue weighted by atomic mass is 9.96. The molecule has 0 fully saturated rings. The number of rotatable bonds is 7. The fourth-order valence-electron chi connectivity index (χ4n) is 4.25. The van der Waals surface area contributed by atoms with Crippen LogP contribution in [-0.4, -0.2) is 34.4 Å². The maximum absolute atomic E-state index is 13.7. The first-order valence-corrected chi connectivity index (χ1v) is 12.4. The van der Waals surface area contributed by atoms with Gasteiger partial charge in [-0.2, -0.15) is 0 Å². The van der Waals surface area contributed by atoms with E-state index in [-0.39, 0.29) is 11.3 Å². The maximum atomic E-state index is 13.7. The number of aromatic nitrogens is 1. The Morgan fingerprint density at radius 2 is 1.92 bits per heavy atom. The number of carbonyl (C=O) groups is 3.